The van der Waals surface area contributed by atoms with E-state index in [1.54, 1.807) is 4.90 Å². The van der Waals surface area contributed by atoms with Gasteiger partial charge >= 0.3 is 0 Å². The number of ether oxygens (including phenoxy) is 1. The number of H-pyrrole nitrogens is 1. The van der Waals surface area contributed by atoms with Crippen LogP contribution < -0.4 is 10.5 Å². The fourth-order valence-corrected chi connectivity index (χ4v) is 3.64. The molecule has 0 radical (unpaired) electrons. The zero-order chi connectivity index (χ0) is 20.6. The predicted molar refractivity (Wildman–Crippen MR) is 114 cm³/mol. The summed E-state index contributed by atoms with van der Waals surface area (Å²) < 4.78 is 5.50. The van der Waals surface area contributed by atoms with Gasteiger partial charge in [-0.25, -0.2) is 4.98 Å². The molecule has 0 aliphatic heterocycles. The summed E-state index contributed by atoms with van der Waals surface area (Å²) in [5.74, 6) is 0.488. The first-order valence-electron chi connectivity index (χ1n) is 9.40. The number of nitrogens with two attached hydrogens (primary N) is 1. The van der Waals surface area contributed by atoms with Crippen LogP contribution >= 0.6 is 11.8 Å². The van der Waals surface area contributed by atoms with Gasteiger partial charge in [-0.05, 0) is 24.6 Å². The van der Waals surface area contributed by atoms with E-state index in [0.29, 0.717) is 24.9 Å². The van der Waals surface area contributed by atoms with Crippen molar-refractivity contribution in [1.29, 1.82) is 0 Å². The minimum atomic E-state index is -0.425. The fraction of sp³-hybridized carbons (Fsp3) is 0.286. The molecule has 3 rings (SSSR count). The lowest BCUT2D eigenvalue weighted by atomic mass is 10.2. The summed E-state index contributed by atoms with van der Waals surface area (Å²) in [6, 6.07) is 15.3. The summed E-state index contributed by atoms with van der Waals surface area (Å²) in [5, 5.41) is 0.663. The van der Waals surface area contributed by atoms with Crippen LogP contribution in [-0.4, -0.2) is 45.6 Å². The van der Waals surface area contributed by atoms with Crippen molar-refractivity contribution in [3.05, 3.63) is 54.1 Å². The van der Waals surface area contributed by atoms with Crippen LogP contribution in [0.2, 0.25) is 0 Å². The Bertz CT molecular complexity index is 974. The van der Waals surface area contributed by atoms with E-state index in [1.807, 2.05) is 55.5 Å². The van der Waals surface area contributed by atoms with Gasteiger partial charge in [0.05, 0.1) is 23.4 Å². The van der Waals surface area contributed by atoms with Crippen molar-refractivity contribution in [1.82, 2.24) is 14.9 Å². The number of nitrogens with zero attached hydrogens (tertiary/aromatic N) is 2. The number of hydrogen-bond acceptors (Lipinski definition) is 5. The van der Waals surface area contributed by atoms with Crippen LogP contribution in [0, 0.1) is 0 Å². The Morgan fingerprint density at radius 2 is 2.00 bits per heavy atom. The van der Waals surface area contributed by atoms with E-state index in [9.17, 15) is 9.59 Å². The topological polar surface area (TPSA) is 101 Å². The maximum atomic E-state index is 12.8. The highest BCUT2D eigenvalue weighted by molar-refractivity contribution is 7.99. The molecule has 0 aliphatic carbocycles. The minimum Gasteiger partial charge on any atom is -0.494 e. The molecule has 1 aromatic heterocycles. The molecule has 1 heterocycles. The van der Waals surface area contributed by atoms with Crippen LogP contribution in [-0.2, 0) is 16.1 Å². The number of fused-ring (bicyclic) bond motifs is 1. The molecule has 29 heavy (non-hydrogen) atoms. The maximum Gasteiger partial charge on any atom is 0.233 e. The van der Waals surface area contributed by atoms with Gasteiger partial charge in [-0.3, -0.25) is 9.59 Å². The molecule has 0 spiro atoms. The summed E-state index contributed by atoms with van der Waals surface area (Å²) in [5.41, 5.74) is 7.95. The number of thioether (sulfide) groups is 1. The molecule has 2 amide bonds. The molecule has 3 N–H and O–H groups in total. The molecule has 3 aromatic rings. The molecule has 7 nitrogen and oxygen atoms in total. The van der Waals surface area contributed by atoms with Gasteiger partial charge in [0.15, 0.2) is 5.16 Å². The van der Waals surface area contributed by atoms with E-state index in [4.69, 9.17) is 10.5 Å². The average Bonchev–Trinajstić information content (AvgIpc) is 3.12. The summed E-state index contributed by atoms with van der Waals surface area (Å²) in [6.45, 7) is 3.26. The number of hydrogen-bond donors (Lipinski definition) is 2. The molecule has 0 saturated heterocycles. The van der Waals surface area contributed by atoms with Crippen LogP contribution in [0.15, 0.2) is 53.7 Å². The highest BCUT2D eigenvalue weighted by Gasteiger charge is 2.16. The Morgan fingerprint density at radius 3 is 2.72 bits per heavy atom. The van der Waals surface area contributed by atoms with Crippen molar-refractivity contribution in [3.63, 3.8) is 0 Å². The van der Waals surface area contributed by atoms with Crippen LogP contribution in [0.25, 0.3) is 11.0 Å². The van der Waals surface area contributed by atoms with Crippen molar-refractivity contribution >= 4 is 34.6 Å². The third-order valence-electron chi connectivity index (χ3n) is 4.27. The quantitative estimate of drug-likeness (QED) is 0.499. The number of aromatic amines is 1. The van der Waals surface area contributed by atoms with E-state index >= 15 is 0 Å². The predicted octanol–water partition coefficient (Wildman–Crippen LogP) is 2.96. The zero-order valence-electron chi connectivity index (χ0n) is 16.3. The Hall–Kier alpha value is -3.00. The van der Waals surface area contributed by atoms with Gasteiger partial charge in [0.25, 0.3) is 0 Å². The molecule has 0 unspecified atom stereocenters. The standard InChI is InChI=1S/C21H24N4O3S/c1-2-28-16-8-9-17-18(12-16)24-21(23-17)29-14-20(27)25(11-10-19(22)26)13-15-6-4-3-5-7-15/h3-9,12H,2,10-11,13-14H2,1H3,(H2,22,26)(H,23,24). The summed E-state index contributed by atoms with van der Waals surface area (Å²) in [6.07, 6.45) is 0.133. The Morgan fingerprint density at radius 1 is 1.21 bits per heavy atom. The summed E-state index contributed by atoms with van der Waals surface area (Å²) >= 11 is 1.33. The van der Waals surface area contributed by atoms with Gasteiger partial charge in [0.1, 0.15) is 5.75 Å². The van der Waals surface area contributed by atoms with Gasteiger partial charge in [-0.15, -0.1) is 0 Å². The van der Waals surface area contributed by atoms with Gasteiger partial charge in [0.2, 0.25) is 11.8 Å². The van der Waals surface area contributed by atoms with Gasteiger partial charge in [-0.1, -0.05) is 42.1 Å². The molecule has 8 heteroatoms. The number of aromatic nitrogens is 2. The number of benzene rings is 2. The summed E-state index contributed by atoms with van der Waals surface area (Å²) in [7, 11) is 0. The van der Waals surface area contributed by atoms with E-state index in [2.05, 4.69) is 9.97 Å². The number of nitrogens with one attached hydrogen (secondary N) is 1. The van der Waals surface area contributed by atoms with Crippen LogP contribution in [0.5, 0.6) is 5.75 Å². The maximum absolute atomic E-state index is 12.8. The largest absolute Gasteiger partial charge is 0.494 e. The Balaban J connectivity index is 1.65. The molecule has 0 bridgehead atoms. The second-order valence-electron chi connectivity index (χ2n) is 6.46. The van der Waals surface area contributed by atoms with E-state index in [-0.39, 0.29) is 18.1 Å². The van der Waals surface area contributed by atoms with Crippen LogP contribution in [0.4, 0.5) is 0 Å². The van der Waals surface area contributed by atoms with E-state index < -0.39 is 5.91 Å². The van der Waals surface area contributed by atoms with Gasteiger partial charge < -0.3 is 20.4 Å². The van der Waals surface area contributed by atoms with Gasteiger partial charge in [0, 0.05) is 25.6 Å². The minimum absolute atomic E-state index is 0.0736. The second-order valence-corrected chi connectivity index (χ2v) is 7.42. The Labute approximate surface area is 173 Å². The number of imidazole rings is 1. The summed E-state index contributed by atoms with van der Waals surface area (Å²) in [4.78, 5) is 33.3. The van der Waals surface area contributed by atoms with Crippen molar-refractivity contribution in [3.8, 4) is 5.75 Å². The number of primary amides is 1. The number of carbonyl (C=O) groups is 2. The zero-order valence-corrected chi connectivity index (χ0v) is 17.1. The van der Waals surface area contributed by atoms with Crippen molar-refractivity contribution in [2.45, 2.75) is 25.0 Å². The molecular weight excluding hydrogens is 388 g/mol. The molecule has 0 saturated carbocycles. The molecule has 152 valence electrons. The fourth-order valence-electron chi connectivity index (χ4n) is 2.85. The lowest BCUT2D eigenvalue weighted by molar-refractivity contribution is -0.129. The number of carbonyl (C=O) groups excluding carboxylic acids is 2. The molecule has 0 aliphatic rings. The highest BCUT2D eigenvalue weighted by Crippen LogP contribution is 2.23. The molecule has 0 atom stereocenters. The van der Waals surface area contributed by atoms with Crippen molar-refractivity contribution in [2.24, 2.45) is 5.73 Å². The number of amides is 2. The smallest absolute Gasteiger partial charge is 0.233 e. The first kappa shape index (κ1) is 20.7. The lowest BCUT2D eigenvalue weighted by Crippen LogP contribution is -2.34. The molecule has 2 aromatic carbocycles. The monoisotopic (exact) mass is 412 g/mol. The lowest BCUT2D eigenvalue weighted by Gasteiger charge is -2.22. The third kappa shape index (κ3) is 5.99. The van der Waals surface area contributed by atoms with Gasteiger partial charge in [-0.2, -0.15) is 0 Å². The third-order valence-corrected chi connectivity index (χ3v) is 5.13. The van der Waals surface area contributed by atoms with Crippen molar-refractivity contribution < 1.29 is 14.3 Å². The SMILES string of the molecule is CCOc1ccc2nc(SCC(=O)N(CCC(N)=O)Cc3ccccc3)[nH]c2c1. The van der Waals surface area contributed by atoms with E-state index in [0.717, 1.165) is 22.3 Å². The normalized spacial score (nSPS) is 10.8. The van der Waals surface area contributed by atoms with Crippen LogP contribution in [0.3, 0.4) is 0 Å². The molecular formula is C21H24N4O3S. The highest BCUT2D eigenvalue weighted by atomic mass is 32.2. The second kappa shape index (κ2) is 9.97. The molecule has 0 fully saturated rings. The van der Waals surface area contributed by atoms with Crippen LogP contribution in [0.1, 0.15) is 18.9 Å². The number of rotatable bonds is 10. The average molecular weight is 413 g/mol. The van der Waals surface area contributed by atoms with Crippen molar-refractivity contribution in [2.75, 3.05) is 18.9 Å². The Kier molecular flexibility index (Phi) is 7.13. The first-order chi connectivity index (χ1) is 14.0. The first-order valence-corrected chi connectivity index (χ1v) is 10.4. The van der Waals surface area contributed by atoms with E-state index in [1.165, 1.54) is 11.8 Å².